The molecule has 1 aromatic carbocycles. The number of aryl methyl sites for hydroxylation is 1. The van der Waals surface area contributed by atoms with E-state index in [9.17, 15) is 9.18 Å². The minimum Gasteiger partial charge on any atom is -0.345 e. The molecular weight excluding hydrogens is 375 g/mol. The number of carbonyl (C=O) groups is 1. The molecule has 0 aliphatic heterocycles. The molecule has 0 radical (unpaired) electrons. The fraction of sp³-hybridized carbons (Fsp3) is 0.167. The first kappa shape index (κ1) is 18.3. The van der Waals surface area contributed by atoms with E-state index in [1.165, 1.54) is 29.7 Å². The van der Waals surface area contributed by atoms with Crippen molar-refractivity contribution < 1.29 is 9.18 Å². The van der Waals surface area contributed by atoms with Gasteiger partial charge in [-0.25, -0.2) is 14.4 Å². The van der Waals surface area contributed by atoms with Gasteiger partial charge in [-0.05, 0) is 43.7 Å². The summed E-state index contributed by atoms with van der Waals surface area (Å²) in [7, 11) is 0. The molecule has 0 saturated heterocycles. The molecule has 0 aliphatic rings. The quantitative estimate of drug-likeness (QED) is 0.652. The molecule has 134 valence electrons. The number of nitrogens with zero attached hydrogens (tertiary/aromatic N) is 2. The van der Waals surface area contributed by atoms with Crippen LogP contribution < -0.4 is 10.6 Å². The van der Waals surface area contributed by atoms with Crippen molar-refractivity contribution in [1.82, 2.24) is 15.3 Å². The van der Waals surface area contributed by atoms with Gasteiger partial charge in [0.25, 0.3) is 5.91 Å². The number of hydrogen-bond donors (Lipinski definition) is 2. The van der Waals surface area contributed by atoms with Crippen LogP contribution in [0.15, 0.2) is 42.6 Å². The first-order valence-electron chi connectivity index (χ1n) is 7.84. The molecule has 0 spiro atoms. The van der Waals surface area contributed by atoms with E-state index >= 15 is 0 Å². The van der Waals surface area contributed by atoms with Gasteiger partial charge in [0.15, 0.2) is 5.13 Å². The smallest absolute Gasteiger partial charge is 0.263 e. The van der Waals surface area contributed by atoms with E-state index in [0.717, 1.165) is 5.56 Å². The normalized spacial score (nSPS) is 11.8. The fourth-order valence-electron chi connectivity index (χ4n) is 2.32. The molecule has 5 nitrogen and oxygen atoms in total. The van der Waals surface area contributed by atoms with Crippen LogP contribution >= 0.6 is 22.9 Å². The Hall–Kier alpha value is -2.51. The van der Waals surface area contributed by atoms with Crippen LogP contribution in [0.3, 0.4) is 0 Å². The van der Waals surface area contributed by atoms with Gasteiger partial charge in [-0.1, -0.05) is 35.1 Å². The van der Waals surface area contributed by atoms with Crippen molar-refractivity contribution in [2.24, 2.45) is 0 Å². The van der Waals surface area contributed by atoms with Gasteiger partial charge in [0, 0.05) is 6.20 Å². The number of halogens is 2. The van der Waals surface area contributed by atoms with Crippen LogP contribution in [0, 0.1) is 12.7 Å². The van der Waals surface area contributed by atoms with Crippen molar-refractivity contribution in [2.45, 2.75) is 19.9 Å². The van der Waals surface area contributed by atoms with Crippen LogP contribution in [0.1, 0.15) is 33.9 Å². The zero-order valence-corrected chi connectivity index (χ0v) is 15.7. The summed E-state index contributed by atoms with van der Waals surface area (Å²) in [4.78, 5) is 21.6. The number of benzene rings is 1. The third kappa shape index (κ3) is 4.36. The van der Waals surface area contributed by atoms with Crippen molar-refractivity contribution in [1.29, 1.82) is 0 Å². The topological polar surface area (TPSA) is 66.9 Å². The Labute approximate surface area is 159 Å². The van der Waals surface area contributed by atoms with E-state index in [0.29, 0.717) is 26.5 Å². The maximum atomic E-state index is 13.0. The van der Waals surface area contributed by atoms with Gasteiger partial charge in [0.1, 0.15) is 16.5 Å². The number of hydrogen-bond acceptors (Lipinski definition) is 5. The Morgan fingerprint density at radius 2 is 1.96 bits per heavy atom. The van der Waals surface area contributed by atoms with Crippen LogP contribution in [0.4, 0.5) is 15.3 Å². The average Bonchev–Trinajstić information content (AvgIpc) is 2.98. The molecule has 3 rings (SSSR count). The summed E-state index contributed by atoms with van der Waals surface area (Å²) in [5, 5.41) is 7.07. The lowest BCUT2D eigenvalue weighted by atomic mass is 10.1. The number of anilines is 2. The molecule has 2 N–H and O–H groups in total. The number of nitrogens with one attached hydrogen (secondary N) is 2. The molecule has 2 heterocycles. The van der Waals surface area contributed by atoms with Crippen LogP contribution in [-0.2, 0) is 0 Å². The summed E-state index contributed by atoms with van der Waals surface area (Å²) in [6.07, 6.45) is 1.53. The summed E-state index contributed by atoms with van der Waals surface area (Å²) < 4.78 is 13.0. The lowest BCUT2D eigenvalue weighted by Crippen LogP contribution is -2.26. The lowest BCUT2D eigenvalue weighted by molar-refractivity contribution is 0.0943. The molecular formula is C18H16ClFN4OS. The highest BCUT2D eigenvalue weighted by molar-refractivity contribution is 7.17. The number of rotatable bonds is 5. The Bertz CT molecular complexity index is 912. The van der Waals surface area contributed by atoms with Crippen molar-refractivity contribution >= 4 is 39.8 Å². The predicted molar refractivity (Wildman–Crippen MR) is 102 cm³/mol. The average molecular weight is 391 g/mol. The predicted octanol–water partition coefficient (Wildman–Crippen LogP) is 4.87. The Kier molecular flexibility index (Phi) is 5.49. The molecule has 1 amide bonds. The summed E-state index contributed by atoms with van der Waals surface area (Å²) in [5.41, 5.74) is 1.45. The fourth-order valence-corrected chi connectivity index (χ4v) is 3.31. The second-order valence-corrected chi connectivity index (χ2v) is 7.10. The zero-order chi connectivity index (χ0) is 18.7. The molecule has 1 atom stereocenters. The molecule has 3 aromatic rings. The SMILES string of the molecule is Cc1nc(Nc2ccc(Cl)cn2)sc1C(=O)N[C@H](C)c1ccc(F)cc1. The Morgan fingerprint density at radius 3 is 2.62 bits per heavy atom. The molecule has 26 heavy (non-hydrogen) atoms. The molecule has 0 unspecified atom stereocenters. The summed E-state index contributed by atoms with van der Waals surface area (Å²) in [6.45, 7) is 3.62. The zero-order valence-electron chi connectivity index (χ0n) is 14.1. The van der Waals surface area contributed by atoms with Crippen molar-refractivity contribution in [3.8, 4) is 0 Å². The summed E-state index contributed by atoms with van der Waals surface area (Å²) in [6, 6.07) is 9.25. The highest BCUT2D eigenvalue weighted by atomic mass is 35.5. The van der Waals surface area contributed by atoms with Gasteiger partial charge in [-0.2, -0.15) is 0 Å². The first-order chi connectivity index (χ1) is 12.4. The lowest BCUT2D eigenvalue weighted by Gasteiger charge is -2.13. The van der Waals surface area contributed by atoms with Crippen molar-refractivity contribution in [2.75, 3.05) is 5.32 Å². The van der Waals surface area contributed by atoms with Crippen molar-refractivity contribution in [3.63, 3.8) is 0 Å². The van der Waals surface area contributed by atoms with E-state index in [4.69, 9.17) is 11.6 Å². The summed E-state index contributed by atoms with van der Waals surface area (Å²) >= 11 is 7.06. The van der Waals surface area contributed by atoms with Crippen LogP contribution in [-0.4, -0.2) is 15.9 Å². The molecule has 8 heteroatoms. The molecule has 2 aromatic heterocycles. The number of amides is 1. The van der Waals surface area contributed by atoms with Gasteiger partial charge < -0.3 is 10.6 Å². The highest BCUT2D eigenvalue weighted by Gasteiger charge is 2.18. The van der Waals surface area contributed by atoms with E-state index < -0.39 is 0 Å². The largest absolute Gasteiger partial charge is 0.345 e. The van der Waals surface area contributed by atoms with Crippen LogP contribution in [0.5, 0.6) is 0 Å². The second-order valence-electron chi connectivity index (χ2n) is 5.67. The minimum absolute atomic E-state index is 0.228. The summed E-state index contributed by atoms with van der Waals surface area (Å²) in [5.74, 6) is 0.0563. The molecule has 0 bridgehead atoms. The number of thiazole rings is 1. The highest BCUT2D eigenvalue weighted by Crippen LogP contribution is 2.26. The van der Waals surface area contributed by atoms with Crippen LogP contribution in [0.2, 0.25) is 5.02 Å². The second kappa shape index (κ2) is 7.80. The van der Waals surface area contributed by atoms with E-state index in [1.54, 1.807) is 31.2 Å². The first-order valence-corrected chi connectivity index (χ1v) is 9.04. The Morgan fingerprint density at radius 1 is 1.23 bits per heavy atom. The third-order valence-corrected chi connectivity index (χ3v) is 4.98. The monoisotopic (exact) mass is 390 g/mol. The standard InChI is InChI=1S/C18H16ClFN4OS/c1-10(12-3-6-14(20)7-4-12)22-17(25)16-11(2)23-18(26-16)24-15-8-5-13(19)9-21-15/h3-10H,1-2H3,(H,22,25)(H,21,23,24)/t10-/m1/s1. The number of carbonyl (C=O) groups excluding carboxylic acids is 1. The van der Waals surface area contributed by atoms with Gasteiger partial charge >= 0.3 is 0 Å². The maximum Gasteiger partial charge on any atom is 0.263 e. The third-order valence-electron chi connectivity index (χ3n) is 3.68. The molecule has 0 saturated carbocycles. The number of pyridine rings is 1. The van der Waals surface area contributed by atoms with E-state index in [2.05, 4.69) is 20.6 Å². The molecule has 0 aliphatic carbocycles. The van der Waals surface area contributed by atoms with Gasteiger partial charge in [0.2, 0.25) is 0 Å². The minimum atomic E-state index is -0.308. The van der Waals surface area contributed by atoms with Gasteiger partial charge in [0.05, 0.1) is 16.8 Å². The maximum absolute atomic E-state index is 13.0. The van der Waals surface area contributed by atoms with Crippen molar-refractivity contribution in [3.05, 3.63) is 69.6 Å². The number of aromatic nitrogens is 2. The van der Waals surface area contributed by atoms with Crippen LogP contribution in [0.25, 0.3) is 0 Å². The molecule has 0 fully saturated rings. The van der Waals surface area contributed by atoms with E-state index in [1.807, 2.05) is 6.92 Å². The van der Waals surface area contributed by atoms with E-state index in [-0.39, 0.29) is 17.8 Å². The van der Waals surface area contributed by atoms with Gasteiger partial charge in [-0.15, -0.1) is 0 Å². The Balaban J connectivity index is 1.70. The van der Waals surface area contributed by atoms with Gasteiger partial charge in [-0.3, -0.25) is 4.79 Å².